The van der Waals surface area contributed by atoms with Crippen LogP contribution in [0.5, 0.6) is 0 Å². The van der Waals surface area contributed by atoms with E-state index in [1.54, 1.807) is 0 Å². The quantitative estimate of drug-likeness (QED) is 0.538. The van der Waals surface area contributed by atoms with E-state index in [4.69, 9.17) is 23.2 Å². The van der Waals surface area contributed by atoms with Gasteiger partial charge < -0.3 is 0 Å². The Kier molecular flexibility index (Phi) is 4.90. The van der Waals surface area contributed by atoms with Crippen molar-refractivity contribution in [3.05, 3.63) is 35.9 Å². The molecule has 90 valence electrons. The number of hydrogen-bond donors (Lipinski definition) is 0. The summed E-state index contributed by atoms with van der Waals surface area (Å²) in [5, 5.41) is 0. The largest absolute Gasteiger partial charge is 0.126 e. The standard InChI is InChI=1S/C13H20Cl2Si/c1-16(2,3)11-13(9-14,10-15)12-7-5-4-6-8-12/h4-8H,9-11H2,1-3H3. The first-order valence-corrected chi connectivity index (χ1v) is 10.4. The number of rotatable bonds is 5. The molecule has 0 aliphatic heterocycles. The Hall–Kier alpha value is 0.0169. The normalized spacial score (nSPS) is 12.8. The summed E-state index contributed by atoms with van der Waals surface area (Å²) >= 11 is 12.4. The Labute approximate surface area is 110 Å². The van der Waals surface area contributed by atoms with Gasteiger partial charge in [0.25, 0.3) is 0 Å². The molecule has 1 rings (SSSR count). The second-order valence-corrected chi connectivity index (χ2v) is 11.7. The monoisotopic (exact) mass is 274 g/mol. The van der Waals surface area contributed by atoms with Crippen LogP contribution in [0.2, 0.25) is 25.7 Å². The van der Waals surface area contributed by atoms with Crippen LogP contribution in [-0.4, -0.2) is 19.8 Å². The van der Waals surface area contributed by atoms with E-state index in [0.29, 0.717) is 11.8 Å². The van der Waals surface area contributed by atoms with Crippen LogP contribution >= 0.6 is 23.2 Å². The summed E-state index contributed by atoms with van der Waals surface area (Å²) in [4.78, 5) is 0. The third-order valence-corrected chi connectivity index (χ3v) is 5.53. The molecule has 0 fully saturated rings. The molecule has 0 nitrogen and oxygen atoms in total. The zero-order valence-electron chi connectivity index (χ0n) is 10.3. The summed E-state index contributed by atoms with van der Waals surface area (Å²) in [6, 6.07) is 11.6. The number of alkyl halides is 2. The van der Waals surface area contributed by atoms with E-state index in [2.05, 4.69) is 43.9 Å². The van der Waals surface area contributed by atoms with Gasteiger partial charge in [0.15, 0.2) is 0 Å². The molecule has 0 N–H and O–H groups in total. The minimum Gasteiger partial charge on any atom is -0.126 e. The molecular weight excluding hydrogens is 255 g/mol. The van der Waals surface area contributed by atoms with Crippen LogP contribution in [0.1, 0.15) is 5.56 Å². The molecule has 0 saturated heterocycles. The molecule has 1 aromatic rings. The summed E-state index contributed by atoms with van der Waals surface area (Å²) in [5.41, 5.74) is 1.23. The summed E-state index contributed by atoms with van der Waals surface area (Å²) in [6.45, 7) is 7.09. The van der Waals surface area contributed by atoms with Crippen molar-refractivity contribution in [1.29, 1.82) is 0 Å². The molecule has 0 aliphatic carbocycles. The molecule has 1 aromatic carbocycles. The third kappa shape index (κ3) is 3.51. The molecule has 0 amide bonds. The van der Waals surface area contributed by atoms with E-state index in [-0.39, 0.29) is 5.41 Å². The molecule has 0 atom stereocenters. The SMILES string of the molecule is C[Si](C)(C)CC(CCl)(CCl)c1ccccc1. The third-order valence-electron chi connectivity index (χ3n) is 2.77. The van der Waals surface area contributed by atoms with E-state index >= 15 is 0 Å². The van der Waals surface area contributed by atoms with Gasteiger partial charge in [-0.05, 0) is 11.6 Å². The van der Waals surface area contributed by atoms with Crippen LogP contribution in [0.15, 0.2) is 30.3 Å². The average molecular weight is 275 g/mol. The van der Waals surface area contributed by atoms with Crippen LogP contribution in [0.25, 0.3) is 0 Å². The maximum Gasteiger partial charge on any atom is 0.0452 e. The number of hydrogen-bond acceptors (Lipinski definition) is 0. The number of halogens is 2. The fraction of sp³-hybridized carbons (Fsp3) is 0.538. The minimum absolute atomic E-state index is 0.0468. The van der Waals surface area contributed by atoms with Gasteiger partial charge in [0, 0.05) is 25.2 Å². The highest BCUT2D eigenvalue weighted by atomic mass is 35.5. The van der Waals surface area contributed by atoms with Gasteiger partial charge in [0.1, 0.15) is 0 Å². The van der Waals surface area contributed by atoms with Gasteiger partial charge in [-0.3, -0.25) is 0 Å². The Bertz CT molecular complexity index is 312. The average Bonchev–Trinajstić information content (AvgIpc) is 2.26. The van der Waals surface area contributed by atoms with Crippen molar-refractivity contribution in [2.75, 3.05) is 11.8 Å². The lowest BCUT2D eigenvalue weighted by molar-refractivity contribution is 0.595. The predicted octanol–water partition coefficient (Wildman–Crippen LogP) is 4.74. The molecule has 0 radical (unpaired) electrons. The Morgan fingerprint density at radius 1 is 1.00 bits per heavy atom. The topological polar surface area (TPSA) is 0 Å². The predicted molar refractivity (Wildman–Crippen MR) is 77.7 cm³/mol. The van der Waals surface area contributed by atoms with Gasteiger partial charge in [-0.1, -0.05) is 50.0 Å². The highest BCUT2D eigenvalue weighted by Gasteiger charge is 2.35. The van der Waals surface area contributed by atoms with Gasteiger partial charge in [-0.25, -0.2) is 0 Å². The fourth-order valence-corrected chi connectivity index (χ4v) is 5.78. The van der Waals surface area contributed by atoms with E-state index < -0.39 is 8.07 Å². The maximum absolute atomic E-state index is 6.20. The molecule has 0 heterocycles. The lowest BCUT2D eigenvalue weighted by atomic mass is 9.86. The molecule has 0 saturated carbocycles. The summed E-state index contributed by atoms with van der Waals surface area (Å²) in [7, 11) is -1.19. The molecular formula is C13H20Cl2Si. The van der Waals surface area contributed by atoms with Crippen molar-refractivity contribution < 1.29 is 0 Å². The summed E-state index contributed by atoms with van der Waals surface area (Å²) < 4.78 is 0. The minimum atomic E-state index is -1.19. The summed E-state index contributed by atoms with van der Waals surface area (Å²) in [6.07, 6.45) is 0. The van der Waals surface area contributed by atoms with Crippen LogP contribution in [0, 0.1) is 0 Å². The smallest absolute Gasteiger partial charge is 0.0452 e. The molecule has 3 heteroatoms. The first-order chi connectivity index (χ1) is 7.43. The summed E-state index contributed by atoms with van der Waals surface area (Å²) in [5.74, 6) is 1.20. The first-order valence-electron chi connectivity index (χ1n) is 5.61. The first kappa shape index (κ1) is 14.1. The van der Waals surface area contributed by atoms with Crippen molar-refractivity contribution in [2.24, 2.45) is 0 Å². The van der Waals surface area contributed by atoms with E-state index in [1.807, 2.05) is 6.07 Å². The van der Waals surface area contributed by atoms with Crippen LogP contribution < -0.4 is 0 Å². The van der Waals surface area contributed by atoms with Gasteiger partial charge in [0.05, 0.1) is 0 Å². The maximum atomic E-state index is 6.20. The fourth-order valence-electron chi connectivity index (χ4n) is 2.19. The molecule has 16 heavy (non-hydrogen) atoms. The van der Waals surface area contributed by atoms with E-state index in [0.717, 1.165) is 6.04 Å². The molecule has 0 spiro atoms. The Morgan fingerprint density at radius 2 is 1.50 bits per heavy atom. The Balaban J connectivity index is 3.06. The van der Waals surface area contributed by atoms with Gasteiger partial charge in [0.2, 0.25) is 0 Å². The van der Waals surface area contributed by atoms with E-state index in [1.165, 1.54) is 5.56 Å². The zero-order valence-corrected chi connectivity index (χ0v) is 12.8. The van der Waals surface area contributed by atoms with Crippen molar-refractivity contribution in [3.8, 4) is 0 Å². The van der Waals surface area contributed by atoms with Crippen molar-refractivity contribution in [3.63, 3.8) is 0 Å². The lowest BCUT2D eigenvalue weighted by Crippen LogP contribution is -2.39. The van der Waals surface area contributed by atoms with Crippen LogP contribution in [0.3, 0.4) is 0 Å². The molecule has 0 aliphatic rings. The zero-order chi connectivity index (χ0) is 12.2. The van der Waals surface area contributed by atoms with Crippen molar-refractivity contribution in [1.82, 2.24) is 0 Å². The van der Waals surface area contributed by atoms with Crippen molar-refractivity contribution in [2.45, 2.75) is 31.1 Å². The second-order valence-electron chi connectivity index (χ2n) is 5.65. The molecule has 0 unspecified atom stereocenters. The molecule has 0 aromatic heterocycles. The highest BCUT2D eigenvalue weighted by Crippen LogP contribution is 2.35. The number of benzene rings is 1. The van der Waals surface area contributed by atoms with Crippen molar-refractivity contribution >= 4 is 31.3 Å². The van der Waals surface area contributed by atoms with Gasteiger partial charge in [-0.2, -0.15) is 0 Å². The second kappa shape index (κ2) is 5.57. The lowest BCUT2D eigenvalue weighted by Gasteiger charge is -2.35. The molecule has 0 bridgehead atoms. The van der Waals surface area contributed by atoms with Crippen LogP contribution in [-0.2, 0) is 5.41 Å². The van der Waals surface area contributed by atoms with Crippen LogP contribution in [0.4, 0.5) is 0 Å². The highest BCUT2D eigenvalue weighted by molar-refractivity contribution is 6.76. The Morgan fingerprint density at radius 3 is 1.88 bits per heavy atom. The van der Waals surface area contributed by atoms with Gasteiger partial charge >= 0.3 is 0 Å². The van der Waals surface area contributed by atoms with Gasteiger partial charge in [-0.15, -0.1) is 23.2 Å². The van der Waals surface area contributed by atoms with E-state index in [9.17, 15) is 0 Å².